The maximum atomic E-state index is 4.63. The molecule has 1 aliphatic heterocycles. The highest BCUT2D eigenvalue weighted by atomic mass is 15.1. The second-order valence-corrected chi connectivity index (χ2v) is 5.85. The summed E-state index contributed by atoms with van der Waals surface area (Å²) in [5, 5.41) is 3.41. The first-order chi connectivity index (χ1) is 9.72. The molecule has 2 N–H and O–H groups in total. The molecule has 20 heavy (non-hydrogen) atoms. The van der Waals surface area contributed by atoms with E-state index in [0.29, 0.717) is 0 Å². The average molecular weight is 273 g/mol. The van der Waals surface area contributed by atoms with Crippen LogP contribution in [-0.2, 0) is 6.42 Å². The van der Waals surface area contributed by atoms with Crippen LogP contribution in [-0.4, -0.2) is 42.1 Å². The molecule has 3 heterocycles. The minimum absolute atomic E-state index is 0.830. The molecule has 1 fully saturated rings. The van der Waals surface area contributed by atoms with E-state index in [-0.39, 0.29) is 0 Å². The molecule has 1 saturated heterocycles. The predicted molar refractivity (Wildman–Crippen MR) is 82.1 cm³/mol. The van der Waals surface area contributed by atoms with Crippen molar-refractivity contribution in [1.82, 2.24) is 20.3 Å². The summed E-state index contributed by atoms with van der Waals surface area (Å²) in [5.41, 5.74) is 1.87. The normalized spacial score (nSPS) is 16.7. The number of hydrogen-bond acceptors (Lipinski definition) is 4. The number of aryl methyl sites for hydroxylation is 1. The summed E-state index contributed by atoms with van der Waals surface area (Å²) in [6.07, 6.45) is 4.84. The summed E-state index contributed by atoms with van der Waals surface area (Å²) in [4.78, 5) is 14.6. The fourth-order valence-electron chi connectivity index (χ4n) is 2.81. The van der Waals surface area contributed by atoms with E-state index in [9.17, 15) is 0 Å². The smallest absolute Gasteiger partial charge is 0.179 e. The fourth-order valence-corrected chi connectivity index (χ4v) is 2.81. The van der Waals surface area contributed by atoms with Gasteiger partial charge in [-0.1, -0.05) is 0 Å². The standard InChI is InChI=1S/C15H23N5/c1-20(2)14-6-4-12-15(19-14)18-13(17-12)5-3-11-7-9-16-10-8-11/h4,6,11,16H,3,5,7-10H2,1-2H3,(H,17,18,19). The number of H-pyrrole nitrogens is 1. The number of pyridine rings is 1. The van der Waals surface area contributed by atoms with Crippen LogP contribution in [0.5, 0.6) is 0 Å². The van der Waals surface area contributed by atoms with Crippen LogP contribution >= 0.6 is 0 Å². The van der Waals surface area contributed by atoms with Gasteiger partial charge in [-0.05, 0) is 50.4 Å². The van der Waals surface area contributed by atoms with Crippen LogP contribution in [0.25, 0.3) is 11.2 Å². The van der Waals surface area contributed by atoms with E-state index >= 15 is 0 Å². The molecule has 5 nitrogen and oxygen atoms in total. The lowest BCUT2D eigenvalue weighted by Crippen LogP contribution is -2.27. The Morgan fingerprint density at radius 2 is 2.00 bits per heavy atom. The molecule has 5 heteroatoms. The molecule has 0 atom stereocenters. The number of nitrogens with one attached hydrogen (secondary N) is 2. The predicted octanol–water partition coefficient (Wildman–Crippen LogP) is 1.96. The first-order valence-electron chi connectivity index (χ1n) is 7.46. The van der Waals surface area contributed by atoms with Gasteiger partial charge in [0.2, 0.25) is 0 Å². The topological polar surface area (TPSA) is 56.8 Å². The van der Waals surface area contributed by atoms with E-state index in [4.69, 9.17) is 0 Å². The highest BCUT2D eigenvalue weighted by Crippen LogP contribution is 2.20. The van der Waals surface area contributed by atoms with Gasteiger partial charge in [0.05, 0.1) is 5.52 Å². The van der Waals surface area contributed by atoms with Gasteiger partial charge >= 0.3 is 0 Å². The van der Waals surface area contributed by atoms with Crippen molar-refractivity contribution < 1.29 is 0 Å². The molecular formula is C15H23N5. The van der Waals surface area contributed by atoms with Crippen LogP contribution in [0.2, 0.25) is 0 Å². The van der Waals surface area contributed by atoms with Gasteiger partial charge in [-0.2, -0.15) is 0 Å². The fraction of sp³-hybridized carbons (Fsp3) is 0.600. The zero-order chi connectivity index (χ0) is 13.9. The first kappa shape index (κ1) is 13.4. The minimum Gasteiger partial charge on any atom is -0.363 e. The SMILES string of the molecule is CN(C)c1ccc2[nH]c(CCC3CCNCC3)nc2n1. The van der Waals surface area contributed by atoms with Crippen LogP contribution in [0.3, 0.4) is 0 Å². The van der Waals surface area contributed by atoms with Gasteiger partial charge in [0.1, 0.15) is 11.6 Å². The molecule has 0 unspecified atom stereocenters. The van der Waals surface area contributed by atoms with Gasteiger partial charge in [-0.25, -0.2) is 9.97 Å². The number of aromatic amines is 1. The third kappa shape index (κ3) is 2.93. The Kier molecular flexibility index (Phi) is 3.87. The van der Waals surface area contributed by atoms with Crippen LogP contribution in [0.4, 0.5) is 5.82 Å². The van der Waals surface area contributed by atoms with E-state index < -0.39 is 0 Å². The van der Waals surface area contributed by atoms with E-state index in [1.807, 2.05) is 25.1 Å². The van der Waals surface area contributed by atoms with Crippen molar-refractivity contribution in [3.63, 3.8) is 0 Å². The van der Waals surface area contributed by atoms with E-state index in [0.717, 1.165) is 35.1 Å². The van der Waals surface area contributed by atoms with Gasteiger partial charge in [0.25, 0.3) is 0 Å². The zero-order valence-electron chi connectivity index (χ0n) is 12.3. The number of imidazole rings is 1. The minimum atomic E-state index is 0.830. The molecule has 0 saturated carbocycles. The maximum absolute atomic E-state index is 4.63. The lowest BCUT2D eigenvalue weighted by atomic mass is 9.93. The van der Waals surface area contributed by atoms with Crippen LogP contribution in [0.1, 0.15) is 25.1 Å². The number of piperidine rings is 1. The second kappa shape index (κ2) is 5.79. The number of rotatable bonds is 4. The highest BCUT2D eigenvalue weighted by Gasteiger charge is 2.14. The van der Waals surface area contributed by atoms with Crippen molar-refractivity contribution in [1.29, 1.82) is 0 Å². The number of fused-ring (bicyclic) bond motifs is 1. The van der Waals surface area contributed by atoms with Gasteiger partial charge in [0, 0.05) is 20.5 Å². The number of nitrogens with zero attached hydrogens (tertiary/aromatic N) is 3. The summed E-state index contributed by atoms with van der Waals surface area (Å²) in [6, 6.07) is 4.09. The van der Waals surface area contributed by atoms with Crippen molar-refractivity contribution in [3.8, 4) is 0 Å². The summed E-state index contributed by atoms with van der Waals surface area (Å²) < 4.78 is 0. The average Bonchev–Trinajstić information content (AvgIpc) is 2.88. The van der Waals surface area contributed by atoms with Gasteiger partial charge in [-0.3, -0.25) is 0 Å². The molecule has 3 rings (SSSR count). The Labute approximate surface area is 119 Å². The number of anilines is 1. The monoisotopic (exact) mass is 273 g/mol. The third-order valence-corrected chi connectivity index (χ3v) is 4.09. The van der Waals surface area contributed by atoms with Crippen molar-refractivity contribution >= 4 is 17.0 Å². The summed E-state index contributed by atoms with van der Waals surface area (Å²) >= 11 is 0. The molecule has 0 aromatic carbocycles. The quantitative estimate of drug-likeness (QED) is 0.894. The van der Waals surface area contributed by atoms with Crippen LogP contribution in [0, 0.1) is 5.92 Å². The van der Waals surface area contributed by atoms with Crippen LogP contribution < -0.4 is 10.2 Å². The van der Waals surface area contributed by atoms with Gasteiger partial charge in [0.15, 0.2) is 5.65 Å². The Morgan fingerprint density at radius 1 is 1.20 bits per heavy atom. The maximum Gasteiger partial charge on any atom is 0.179 e. The summed E-state index contributed by atoms with van der Waals surface area (Å²) in [7, 11) is 4.00. The molecule has 0 spiro atoms. The molecule has 2 aromatic heterocycles. The molecule has 108 valence electrons. The lowest BCUT2D eigenvalue weighted by Gasteiger charge is -2.21. The largest absolute Gasteiger partial charge is 0.363 e. The lowest BCUT2D eigenvalue weighted by molar-refractivity contribution is 0.352. The number of aromatic nitrogens is 3. The summed E-state index contributed by atoms with van der Waals surface area (Å²) in [6.45, 7) is 2.33. The molecule has 0 aliphatic carbocycles. The highest BCUT2D eigenvalue weighted by molar-refractivity contribution is 5.73. The van der Waals surface area contributed by atoms with Crippen LogP contribution in [0.15, 0.2) is 12.1 Å². The molecule has 0 radical (unpaired) electrons. The van der Waals surface area contributed by atoms with E-state index in [1.54, 1.807) is 0 Å². The van der Waals surface area contributed by atoms with Crippen molar-refractivity contribution in [2.75, 3.05) is 32.1 Å². The van der Waals surface area contributed by atoms with Gasteiger partial charge in [-0.15, -0.1) is 0 Å². The van der Waals surface area contributed by atoms with Gasteiger partial charge < -0.3 is 15.2 Å². The molecule has 0 amide bonds. The van der Waals surface area contributed by atoms with Crippen molar-refractivity contribution in [3.05, 3.63) is 18.0 Å². The Hall–Kier alpha value is -1.62. The third-order valence-electron chi connectivity index (χ3n) is 4.09. The number of hydrogen-bond donors (Lipinski definition) is 2. The van der Waals surface area contributed by atoms with Crippen molar-refractivity contribution in [2.24, 2.45) is 5.92 Å². The van der Waals surface area contributed by atoms with E-state index in [2.05, 4.69) is 26.3 Å². The van der Waals surface area contributed by atoms with E-state index in [1.165, 1.54) is 32.4 Å². The van der Waals surface area contributed by atoms with Crippen molar-refractivity contribution in [2.45, 2.75) is 25.7 Å². The molecule has 0 bridgehead atoms. The summed E-state index contributed by atoms with van der Waals surface area (Å²) in [5.74, 6) is 2.87. The zero-order valence-corrected chi connectivity index (χ0v) is 12.3. The Bertz CT molecular complexity index is 569. The molecule has 2 aromatic rings. The molecular weight excluding hydrogens is 250 g/mol. The Balaban J connectivity index is 1.69. The second-order valence-electron chi connectivity index (χ2n) is 5.85. The molecule has 1 aliphatic rings. The first-order valence-corrected chi connectivity index (χ1v) is 7.46. The Morgan fingerprint density at radius 3 is 2.75 bits per heavy atom.